The van der Waals surface area contributed by atoms with Crippen molar-refractivity contribution in [3.05, 3.63) is 72.2 Å². The molecule has 1 unspecified atom stereocenters. The molecule has 1 aliphatic rings. The summed E-state index contributed by atoms with van der Waals surface area (Å²) >= 11 is 0. The quantitative estimate of drug-likeness (QED) is 0.529. The Balaban J connectivity index is 1.40. The number of aromatic nitrogens is 4. The van der Waals surface area contributed by atoms with E-state index in [4.69, 9.17) is 10.6 Å². The smallest absolute Gasteiger partial charge is 0.346 e. The van der Waals surface area contributed by atoms with E-state index < -0.39 is 0 Å². The Kier molecular flexibility index (Phi) is 4.72. The third kappa shape index (κ3) is 3.66. The fourth-order valence-corrected chi connectivity index (χ4v) is 3.71. The lowest BCUT2D eigenvalue weighted by molar-refractivity contribution is -0.0829. The number of carbonyl (C=O) groups excluding carboxylic acids is 1. The van der Waals surface area contributed by atoms with Crippen LogP contribution in [0, 0.1) is 6.92 Å². The van der Waals surface area contributed by atoms with Gasteiger partial charge in [-0.15, -0.1) is 5.10 Å². The van der Waals surface area contributed by atoms with Crippen molar-refractivity contribution >= 4 is 23.3 Å². The predicted octanol–water partition coefficient (Wildman–Crippen LogP) is 3.59. The molecule has 1 fully saturated rings. The van der Waals surface area contributed by atoms with E-state index in [9.17, 15) is 4.79 Å². The summed E-state index contributed by atoms with van der Waals surface area (Å²) in [5.74, 6) is 0.214. The molecule has 1 atom stereocenters. The average molecular weight is 415 g/mol. The largest absolute Gasteiger partial charge is 0.366 e. The van der Waals surface area contributed by atoms with E-state index in [1.165, 1.54) is 5.06 Å². The molecule has 5 rings (SSSR count). The highest BCUT2D eigenvalue weighted by molar-refractivity contribution is 5.90. The standard InChI is InChI=1S/C22H21N7O2/c1-14-18(25-22(30)29-19(8-10-31-29)15-5-3-2-4-6-15)11-17(13-24-14)16-7-9-28-20(12-16)26-21(23)27-28/h2-7,9,11-13,19H,8,10H2,1H3,(H2,23,27)(H,25,30). The number of amides is 2. The van der Waals surface area contributed by atoms with Gasteiger partial charge in [0.05, 0.1) is 24.0 Å². The highest BCUT2D eigenvalue weighted by Crippen LogP contribution is 2.31. The van der Waals surface area contributed by atoms with E-state index in [1.54, 1.807) is 16.9 Å². The normalized spacial score (nSPS) is 16.0. The van der Waals surface area contributed by atoms with Crippen LogP contribution in [0.2, 0.25) is 0 Å². The topological polar surface area (TPSA) is 111 Å². The van der Waals surface area contributed by atoms with Crippen molar-refractivity contribution in [1.82, 2.24) is 24.6 Å². The first-order valence-corrected chi connectivity index (χ1v) is 9.95. The minimum Gasteiger partial charge on any atom is -0.366 e. The number of nitrogens with one attached hydrogen (secondary N) is 1. The van der Waals surface area contributed by atoms with Gasteiger partial charge in [0.1, 0.15) is 0 Å². The minimum absolute atomic E-state index is 0.126. The van der Waals surface area contributed by atoms with E-state index in [1.807, 2.05) is 55.5 Å². The first-order valence-electron chi connectivity index (χ1n) is 9.95. The van der Waals surface area contributed by atoms with Crippen molar-refractivity contribution in [2.24, 2.45) is 0 Å². The second kappa shape index (κ2) is 7.69. The molecule has 0 bridgehead atoms. The molecule has 1 saturated heterocycles. The van der Waals surface area contributed by atoms with Gasteiger partial charge in [0.2, 0.25) is 5.95 Å². The zero-order valence-corrected chi connectivity index (χ0v) is 16.9. The van der Waals surface area contributed by atoms with Crippen LogP contribution in [0.3, 0.4) is 0 Å². The van der Waals surface area contributed by atoms with Crippen LogP contribution in [-0.4, -0.2) is 37.3 Å². The Morgan fingerprint density at radius 2 is 2.03 bits per heavy atom. The fraction of sp³-hybridized carbons (Fsp3) is 0.182. The number of anilines is 2. The number of rotatable bonds is 3. The lowest BCUT2D eigenvalue weighted by Crippen LogP contribution is -2.33. The number of carbonyl (C=O) groups is 1. The number of nitrogens with two attached hydrogens (primary N) is 1. The maximum absolute atomic E-state index is 13.0. The summed E-state index contributed by atoms with van der Waals surface area (Å²) in [6.45, 7) is 2.34. The molecule has 4 heterocycles. The van der Waals surface area contributed by atoms with Crippen molar-refractivity contribution in [3.63, 3.8) is 0 Å². The van der Waals surface area contributed by atoms with E-state index in [2.05, 4.69) is 20.4 Å². The molecule has 31 heavy (non-hydrogen) atoms. The van der Waals surface area contributed by atoms with Crippen molar-refractivity contribution in [3.8, 4) is 11.1 Å². The number of urea groups is 1. The summed E-state index contributed by atoms with van der Waals surface area (Å²) < 4.78 is 1.61. The fourth-order valence-electron chi connectivity index (χ4n) is 3.71. The molecule has 2 amide bonds. The van der Waals surface area contributed by atoms with Crippen LogP contribution in [0.4, 0.5) is 16.4 Å². The molecule has 3 N–H and O–H groups in total. The van der Waals surface area contributed by atoms with Gasteiger partial charge in [0.25, 0.3) is 0 Å². The lowest BCUT2D eigenvalue weighted by atomic mass is 10.1. The Bertz CT molecular complexity index is 1260. The number of nitrogen functional groups attached to an aromatic ring is 1. The van der Waals surface area contributed by atoms with Crippen LogP contribution in [0.5, 0.6) is 0 Å². The maximum atomic E-state index is 13.0. The molecule has 0 spiro atoms. The summed E-state index contributed by atoms with van der Waals surface area (Å²) in [6.07, 6.45) is 4.29. The van der Waals surface area contributed by atoms with Crippen LogP contribution in [0.25, 0.3) is 16.8 Å². The molecule has 156 valence electrons. The highest BCUT2D eigenvalue weighted by Gasteiger charge is 2.32. The Labute approximate surface area is 178 Å². The number of fused-ring (bicyclic) bond motifs is 1. The zero-order chi connectivity index (χ0) is 21.4. The summed E-state index contributed by atoms with van der Waals surface area (Å²) in [4.78, 5) is 27.3. The monoisotopic (exact) mass is 415 g/mol. The summed E-state index contributed by atoms with van der Waals surface area (Å²) in [5, 5.41) is 8.45. The molecule has 1 aromatic carbocycles. The summed E-state index contributed by atoms with van der Waals surface area (Å²) in [7, 11) is 0. The van der Waals surface area contributed by atoms with Gasteiger partial charge in [-0.25, -0.2) is 9.31 Å². The first kappa shape index (κ1) is 19.0. The number of hydroxylamine groups is 2. The molecule has 1 aliphatic heterocycles. The average Bonchev–Trinajstić information content (AvgIpc) is 3.41. The summed E-state index contributed by atoms with van der Waals surface area (Å²) in [6, 6.07) is 15.1. The highest BCUT2D eigenvalue weighted by atomic mass is 16.7. The minimum atomic E-state index is -0.325. The van der Waals surface area contributed by atoms with Crippen LogP contribution in [-0.2, 0) is 4.84 Å². The summed E-state index contributed by atoms with van der Waals surface area (Å²) in [5.41, 5.74) is 10.4. The third-order valence-corrected chi connectivity index (χ3v) is 5.31. The first-order chi connectivity index (χ1) is 15.1. The Morgan fingerprint density at radius 3 is 2.87 bits per heavy atom. The SMILES string of the molecule is Cc1ncc(-c2ccn3nc(N)nc3c2)cc1NC(=O)N1OCCC1c1ccccc1. The Hall–Kier alpha value is -3.98. The van der Waals surface area contributed by atoms with Crippen molar-refractivity contribution in [2.45, 2.75) is 19.4 Å². The molecular formula is C22H21N7O2. The van der Waals surface area contributed by atoms with E-state index >= 15 is 0 Å². The van der Waals surface area contributed by atoms with Gasteiger partial charge in [0.15, 0.2) is 5.65 Å². The van der Waals surface area contributed by atoms with Crippen LogP contribution in [0.15, 0.2) is 60.9 Å². The lowest BCUT2D eigenvalue weighted by Gasteiger charge is -2.23. The number of hydrogen-bond acceptors (Lipinski definition) is 6. The number of hydrogen-bond donors (Lipinski definition) is 2. The van der Waals surface area contributed by atoms with Gasteiger partial charge in [0, 0.05) is 24.4 Å². The van der Waals surface area contributed by atoms with Crippen molar-refractivity contribution in [1.29, 1.82) is 0 Å². The van der Waals surface area contributed by atoms with Crippen molar-refractivity contribution in [2.75, 3.05) is 17.7 Å². The van der Waals surface area contributed by atoms with Gasteiger partial charge in [-0.3, -0.25) is 9.82 Å². The second-order valence-corrected chi connectivity index (χ2v) is 7.35. The van der Waals surface area contributed by atoms with Crippen LogP contribution < -0.4 is 11.1 Å². The zero-order valence-electron chi connectivity index (χ0n) is 16.9. The predicted molar refractivity (Wildman–Crippen MR) is 116 cm³/mol. The van der Waals surface area contributed by atoms with E-state index in [0.29, 0.717) is 23.6 Å². The number of nitrogens with zero attached hydrogens (tertiary/aromatic N) is 5. The third-order valence-electron chi connectivity index (χ3n) is 5.31. The van der Waals surface area contributed by atoms with Crippen LogP contribution in [0.1, 0.15) is 23.7 Å². The maximum Gasteiger partial charge on any atom is 0.346 e. The molecule has 9 nitrogen and oxygen atoms in total. The second-order valence-electron chi connectivity index (χ2n) is 7.35. The Morgan fingerprint density at radius 1 is 1.19 bits per heavy atom. The number of pyridine rings is 2. The number of aryl methyl sites for hydroxylation is 1. The van der Waals surface area contributed by atoms with Gasteiger partial charge < -0.3 is 11.1 Å². The molecular weight excluding hydrogens is 394 g/mol. The van der Waals surface area contributed by atoms with Gasteiger partial charge >= 0.3 is 6.03 Å². The van der Waals surface area contributed by atoms with Crippen LogP contribution >= 0.6 is 0 Å². The van der Waals surface area contributed by atoms with Gasteiger partial charge in [-0.2, -0.15) is 10.0 Å². The van der Waals surface area contributed by atoms with Gasteiger partial charge in [-0.05, 0) is 36.2 Å². The molecule has 0 radical (unpaired) electrons. The van der Waals surface area contributed by atoms with E-state index in [0.717, 1.165) is 23.1 Å². The van der Waals surface area contributed by atoms with E-state index in [-0.39, 0.29) is 18.0 Å². The number of benzene rings is 1. The van der Waals surface area contributed by atoms with Crippen molar-refractivity contribution < 1.29 is 9.63 Å². The molecule has 4 aromatic rings. The molecule has 9 heteroatoms. The molecule has 0 aliphatic carbocycles. The molecule has 0 saturated carbocycles. The molecule has 3 aromatic heterocycles. The van der Waals surface area contributed by atoms with Gasteiger partial charge in [-0.1, -0.05) is 30.3 Å².